The molecule has 78 heavy (non-hydrogen) atoms. The summed E-state index contributed by atoms with van der Waals surface area (Å²) in [5, 5.41) is 57.4. The Hall–Kier alpha value is -2.88. The van der Waals surface area contributed by atoms with Crippen molar-refractivity contribution in [3.8, 4) is 0 Å². The number of fused-ring (bicyclic) bond motifs is 3. The van der Waals surface area contributed by atoms with Crippen LogP contribution in [0.3, 0.4) is 0 Å². The normalized spacial score (nSPS) is 29.3. The summed E-state index contributed by atoms with van der Waals surface area (Å²) in [6.45, 7) is 3.85. The van der Waals surface area contributed by atoms with Crippen LogP contribution >= 0.6 is 15.6 Å². The molecule has 0 saturated carbocycles. The number of nitrogens with zero attached hydrogens (tertiary/aromatic N) is 2. The molecular formula is C55H97N3O18P2. The van der Waals surface area contributed by atoms with E-state index >= 15 is 0 Å². The molecule has 1 aromatic heterocycles. The van der Waals surface area contributed by atoms with Crippen LogP contribution in [0.5, 0.6) is 0 Å². The number of ether oxygens (including phenoxy) is 3. The fraction of sp³-hybridized carbons (Fsp3) is 0.818. The molecule has 23 heteroatoms. The van der Waals surface area contributed by atoms with Gasteiger partial charge in [0.25, 0.3) is 0 Å². The van der Waals surface area contributed by atoms with E-state index in [9.17, 15) is 58.8 Å². The maximum atomic E-state index is 13.3. The number of carbonyl (C=O) groups excluding carboxylic acids is 2. The third kappa shape index (κ3) is 28.7. The number of hydrogen-bond acceptors (Lipinski definition) is 18. The fourth-order valence-corrected chi connectivity index (χ4v) is 11.8. The van der Waals surface area contributed by atoms with Crippen LogP contribution < -0.4 is 11.4 Å². The summed E-state index contributed by atoms with van der Waals surface area (Å²) in [6.07, 6.45) is 19.0. The minimum atomic E-state index is -5.69. The van der Waals surface area contributed by atoms with E-state index < -0.39 is 127 Å². The second-order valence-corrected chi connectivity index (χ2v) is 24.4. The average molecular weight is 1150 g/mol. The quantitative estimate of drug-likeness (QED) is 0.0149. The number of anilines is 1. The van der Waals surface area contributed by atoms with Crippen molar-refractivity contribution in [2.75, 3.05) is 25.6 Å². The zero-order valence-electron chi connectivity index (χ0n) is 46.7. The maximum absolute atomic E-state index is 13.3. The Balaban J connectivity index is 1.61. The van der Waals surface area contributed by atoms with Gasteiger partial charge >= 0.3 is 33.3 Å². The fourth-order valence-electron chi connectivity index (χ4n) is 9.66. The molecule has 3 rings (SSSR count). The summed E-state index contributed by atoms with van der Waals surface area (Å²) in [4.78, 5) is 64.3. The number of cyclic esters (lactones) is 1. The molecule has 0 radical (unpaired) electrons. The Kier molecular flexibility index (Phi) is 34.5. The highest BCUT2D eigenvalue weighted by atomic mass is 31.3. The monoisotopic (exact) mass is 1150 g/mol. The first-order valence-electron chi connectivity index (χ1n) is 29.0. The number of aromatic nitrogens is 2. The van der Waals surface area contributed by atoms with Crippen LogP contribution in [0.25, 0.3) is 0 Å². The first-order chi connectivity index (χ1) is 37.3. The van der Waals surface area contributed by atoms with Crippen LogP contribution in [0.4, 0.5) is 5.82 Å². The van der Waals surface area contributed by atoms with Gasteiger partial charge in [-0.1, -0.05) is 186 Å². The zero-order chi connectivity index (χ0) is 57.4. The summed E-state index contributed by atoms with van der Waals surface area (Å²) in [7, 11) is -11.3. The minimum Gasteiger partial charge on any atom is -0.462 e. The first kappa shape index (κ1) is 69.4. The van der Waals surface area contributed by atoms with E-state index in [0.29, 0.717) is 19.3 Å². The number of nitrogens with two attached hydrogens (primary N) is 1. The molecule has 0 amide bonds. The average Bonchev–Trinajstić information content (AvgIpc) is 3.41. The van der Waals surface area contributed by atoms with Crippen LogP contribution in [0, 0.1) is 17.8 Å². The van der Waals surface area contributed by atoms with Gasteiger partial charge in [-0.15, -0.1) is 0 Å². The number of unbranched alkanes of at least 4 members (excludes halogenated alkanes) is 19. The van der Waals surface area contributed by atoms with E-state index in [0.717, 1.165) is 55.2 Å². The summed E-state index contributed by atoms with van der Waals surface area (Å²) in [6, 6.07) is 1.22. The van der Waals surface area contributed by atoms with Gasteiger partial charge in [0.15, 0.2) is 6.10 Å². The minimum absolute atomic E-state index is 0.0644. The molecule has 1 fully saturated rings. The molecule has 0 spiro atoms. The number of esters is 2. The van der Waals surface area contributed by atoms with Crippen molar-refractivity contribution < 1.29 is 81.6 Å². The maximum Gasteiger partial charge on any atom is 0.481 e. The number of aliphatic hydroxyl groups is 5. The molecule has 0 aromatic carbocycles. The molecule has 0 aliphatic carbocycles. The lowest BCUT2D eigenvalue weighted by Crippen LogP contribution is -2.52. The van der Waals surface area contributed by atoms with E-state index in [2.05, 4.69) is 23.1 Å². The number of rotatable bonds is 31. The predicted molar refractivity (Wildman–Crippen MR) is 295 cm³/mol. The van der Waals surface area contributed by atoms with Crippen molar-refractivity contribution in [1.29, 1.82) is 0 Å². The largest absolute Gasteiger partial charge is 0.481 e. The van der Waals surface area contributed by atoms with Crippen molar-refractivity contribution in [3.63, 3.8) is 0 Å². The van der Waals surface area contributed by atoms with Crippen molar-refractivity contribution in [3.05, 3.63) is 47.1 Å². The molecule has 2 bridgehead atoms. The van der Waals surface area contributed by atoms with Gasteiger partial charge in [-0.2, -0.15) is 9.29 Å². The second-order valence-electron chi connectivity index (χ2n) is 21.4. The van der Waals surface area contributed by atoms with Gasteiger partial charge in [0, 0.05) is 30.9 Å². The molecule has 450 valence electrons. The van der Waals surface area contributed by atoms with E-state index in [4.69, 9.17) is 29.0 Å². The molecule has 9 N–H and O–H groups in total. The molecule has 1 saturated heterocycles. The summed E-state index contributed by atoms with van der Waals surface area (Å²) in [5.74, 6) is -3.54. The van der Waals surface area contributed by atoms with Gasteiger partial charge in [-0.05, 0) is 31.2 Å². The highest BCUT2D eigenvalue weighted by molar-refractivity contribution is 7.61. The number of hydrogen-bond donors (Lipinski definition) is 8. The Bertz CT molecular complexity index is 2050. The number of phosphoric acid groups is 2. The summed E-state index contributed by atoms with van der Waals surface area (Å²) in [5.41, 5.74) is 4.75. The Labute approximate surface area is 462 Å². The lowest BCUT2D eigenvalue weighted by molar-refractivity contribution is -0.194. The Morgan fingerprint density at radius 2 is 1.36 bits per heavy atom. The number of carbonyl (C=O) groups is 2. The van der Waals surface area contributed by atoms with Crippen LogP contribution in [0.1, 0.15) is 207 Å². The van der Waals surface area contributed by atoms with E-state index in [1.165, 1.54) is 127 Å². The van der Waals surface area contributed by atoms with E-state index in [-0.39, 0.29) is 18.7 Å². The molecule has 13 atom stereocenters. The number of nitrogen functional groups attached to an aromatic ring is 1. The first-order valence-corrected chi connectivity index (χ1v) is 32.0. The molecule has 3 heterocycles. The van der Waals surface area contributed by atoms with Gasteiger partial charge in [-0.3, -0.25) is 23.2 Å². The molecule has 1 aromatic rings. The molecule has 21 nitrogen and oxygen atoms in total. The van der Waals surface area contributed by atoms with Gasteiger partial charge < -0.3 is 55.3 Å². The van der Waals surface area contributed by atoms with Crippen molar-refractivity contribution in [2.45, 2.75) is 250 Å². The number of allylic oxidation sites excluding steroid dienone is 1. The lowest BCUT2D eigenvalue weighted by atomic mass is 9.82. The van der Waals surface area contributed by atoms with Crippen LogP contribution in [0.2, 0.25) is 0 Å². The van der Waals surface area contributed by atoms with E-state index in [1.807, 2.05) is 6.92 Å². The zero-order valence-corrected chi connectivity index (χ0v) is 48.5. The van der Waals surface area contributed by atoms with Crippen molar-refractivity contribution in [1.82, 2.24) is 9.55 Å². The molecule has 3 unspecified atom stereocenters. The SMILES string of the molecule is CCCCC[C@@H](O)C=C[C@@H]1[C@H](O)[C@H](O)[C@H]2COP(=O)(O)OP(=O)(O)OC[C@@H](COC(=O)CCCCCCCCCCCCCCCCCCCCC(C)CC)OC(=O)C/C=C\C[C@@H]([C@H](n3ccc(N)nc3=O)O2)[C@@H](O)C[C@H]1O. The van der Waals surface area contributed by atoms with Crippen LogP contribution in [0.15, 0.2) is 41.4 Å². The second kappa shape index (κ2) is 38.8. The number of phosphoric ester groups is 2. The van der Waals surface area contributed by atoms with Gasteiger partial charge in [0.1, 0.15) is 30.9 Å². The van der Waals surface area contributed by atoms with Gasteiger partial charge in [-0.25, -0.2) is 13.9 Å². The Morgan fingerprint density at radius 3 is 1.94 bits per heavy atom. The summed E-state index contributed by atoms with van der Waals surface area (Å²) < 4.78 is 58.8. The number of aliphatic hydroxyl groups excluding tert-OH is 5. The predicted octanol–water partition coefficient (Wildman–Crippen LogP) is 9.19. The van der Waals surface area contributed by atoms with E-state index in [1.54, 1.807) is 0 Å². The standard InChI is InChI=1S/C55H97N3O18P2/c1-4-6-23-29-42(59)33-34-44-46(60)37-47(61)45-30-26-27-32-51(63)74-43(38-71-50(62)31-25-22-20-18-16-14-12-10-8-7-9-11-13-15-17-19-21-24-28-41(3)5-2)39-72-77(67,68)76-78(69,70)73-40-48(53(65)52(44)64)75-54(45)58-36-35-49(56)57-55(58)66/h26-27,33-36,41-48,52-54,59-61,64-65H,4-25,28-32,37-40H2,1-3H3,(H,67,68)(H,69,70)(H2,56,57,66)/b27-26-,34-33?/t41?,42-,43-,44+,45-,46-,47+,48-,52+,53-,54-/m1/s1. The van der Waals surface area contributed by atoms with Gasteiger partial charge in [0.2, 0.25) is 0 Å². The third-order valence-corrected chi connectivity index (χ3v) is 17.3. The molecule has 2 aliphatic rings. The van der Waals surface area contributed by atoms with Crippen LogP contribution in [-0.4, -0.2) is 119 Å². The molecular weight excluding hydrogens is 1050 g/mol. The smallest absolute Gasteiger partial charge is 0.462 e. The lowest BCUT2D eigenvalue weighted by Gasteiger charge is -2.40. The highest BCUT2D eigenvalue weighted by Gasteiger charge is 2.45. The van der Waals surface area contributed by atoms with Crippen molar-refractivity contribution in [2.24, 2.45) is 17.8 Å². The third-order valence-electron chi connectivity index (χ3n) is 14.7. The van der Waals surface area contributed by atoms with Crippen LogP contribution in [-0.2, 0) is 46.3 Å². The molecule has 2 aliphatic heterocycles. The Morgan fingerprint density at radius 1 is 0.795 bits per heavy atom. The summed E-state index contributed by atoms with van der Waals surface area (Å²) >= 11 is 0. The van der Waals surface area contributed by atoms with Gasteiger partial charge in [0.05, 0.1) is 44.1 Å². The topological polar surface area (TPSA) is 326 Å². The van der Waals surface area contributed by atoms with Crippen molar-refractivity contribution >= 4 is 33.4 Å². The highest BCUT2D eigenvalue weighted by Crippen LogP contribution is 2.60.